The number of aromatic nitrogens is 1. The van der Waals surface area contributed by atoms with Gasteiger partial charge in [-0.25, -0.2) is 4.98 Å². The van der Waals surface area contributed by atoms with Crippen LogP contribution in [-0.2, 0) is 4.79 Å². The lowest BCUT2D eigenvalue weighted by molar-refractivity contribution is -0.126. The molecule has 1 amide bonds. The van der Waals surface area contributed by atoms with E-state index in [1.165, 1.54) is 10.1 Å². The molecule has 3 rings (SSSR count). The summed E-state index contributed by atoms with van der Waals surface area (Å²) >= 11 is 1.73. The van der Waals surface area contributed by atoms with Crippen LogP contribution in [0.1, 0.15) is 33.6 Å². The highest BCUT2D eigenvalue weighted by molar-refractivity contribution is 7.17. The Labute approximate surface area is 135 Å². The minimum atomic E-state index is -0.176. The highest BCUT2D eigenvalue weighted by atomic mass is 32.1. The van der Waals surface area contributed by atoms with E-state index in [-0.39, 0.29) is 17.4 Å². The molecule has 4 nitrogen and oxygen atoms in total. The van der Waals surface area contributed by atoms with E-state index in [4.69, 9.17) is 0 Å². The first-order valence-electron chi connectivity index (χ1n) is 7.83. The molecule has 1 unspecified atom stereocenters. The van der Waals surface area contributed by atoms with E-state index in [1.807, 2.05) is 27.0 Å². The Morgan fingerprint density at radius 2 is 2.23 bits per heavy atom. The van der Waals surface area contributed by atoms with Crippen LogP contribution < -0.4 is 10.2 Å². The Balaban J connectivity index is 1.78. The number of fused-ring (bicyclic) bond motifs is 1. The molecule has 0 aliphatic carbocycles. The van der Waals surface area contributed by atoms with Gasteiger partial charge in [0.05, 0.1) is 5.92 Å². The van der Waals surface area contributed by atoms with Gasteiger partial charge in [-0.3, -0.25) is 4.79 Å². The lowest BCUT2D eigenvalue weighted by Crippen LogP contribution is -2.48. The van der Waals surface area contributed by atoms with Gasteiger partial charge in [-0.2, -0.15) is 0 Å². The van der Waals surface area contributed by atoms with Gasteiger partial charge in [-0.05, 0) is 51.1 Å². The van der Waals surface area contributed by atoms with E-state index in [2.05, 4.69) is 32.7 Å². The molecular formula is C17H23N3OS. The molecule has 1 aliphatic rings. The van der Waals surface area contributed by atoms with E-state index >= 15 is 0 Å². The van der Waals surface area contributed by atoms with Crippen molar-refractivity contribution >= 4 is 33.1 Å². The molecule has 0 bridgehead atoms. The summed E-state index contributed by atoms with van der Waals surface area (Å²) < 4.78 is 1.26. The summed E-state index contributed by atoms with van der Waals surface area (Å²) in [5.74, 6) is 1.23. The van der Waals surface area contributed by atoms with Crippen molar-refractivity contribution in [3.63, 3.8) is 0 Å². The Morgan fingerprint density at radius 3 is 3.00 bits per heavy atom. The Bertz CT molecular complexity index is 674. The molecule has 0 radical (unpaired) electrons. The van der Waals surface area contributed by atoms with Crippen LogP contribution in [0.25, 0.3) is 10.1 Å². The zero-order valence-electron chi connectivity index (χ0n) is 13.4. The highest BCUT2D eigenvalue weighted by Crippen LogP contribution is 2.31. The van der Waals surface area contributed by atoms with Gasteiger partial charge in [0.1, 0.15) is 5.82 Å². The molecule has 22 heavy (non-hydrogen) atoms. The molecule has 1 saturated heterocycles. The fraction of sp³-hybridized carbons (Fsp3) is 0.529. The van der Waals surface area contributed by atoms with E-state index < -0.39 is 0 Å². The van der Waals surface area contributed by atoms with Crippen molar-refractivity contribution in [2.24, 2.45) is 5.92 Å². The molecule has 3 heterocycles. The molecule has 2 aromatic rings. The van der Waals surface area contributed by atoms with Crippen molar-refractivity contribution in [2.75, 3.05) is 18.0 Å². The first kappa shape index (κ1) is 15.3. The number of hydrogen-bond donors (Lipinski definition) is 1. The quantitative estimate of drug-likeness (QED) is 0.923. The Kier molecular flexibility index (Phi) is 4.08. The fourth-order valence-corrected chi connectivity index (χ4v) is 3.76. The highest BCUT2D eigenvalue weighted by Gasteiger charge is 2.29. The number of hydrogen-bond acceptors (Lipinski definition) is 4. The van der Waals surface area contributed by atoms with Crippen LogP contribution in [0.4, 0.5) is 5.82 Å². The smallest absolute Gasteiger partial charge is 0.225 e. The van der Waals surface area contributed by atoms with E-state index in [0.717, 1.165) is 31.7 Å². The molecule has 0 spiro atoms. The lowest BCUT2D eigenvalue weighted by atomic mass is 9.95. The van der Waals surface area contributed by atoms with E-state index in [1.54, 1.807) is 11.3 Å². The minimum absolute atomic E-state index is 0.0451. The topological polar surface area (TPSA) is 45.2 Å². The second-order valence-corrected chi connectivity index (χ2v) is 7.94. The summed E-state index contributed by atoms with van der Waals surface area (Å²) in [6, 6.07) is 4.18. The van der Waals surface area contributed by atoms with Gasteiger partial charge in [-0.1, -0.05) is 0 Å². The maximum atomic E-state index is 12.4. The summed E-state index contributed by atoms with van der Waals surface area (Å²) in [6.07, 6.45) is 3.86. The van der Waals surface area contributed by atoms with Crippen LogP contribution in [0.5, 0.6) is 0 Å². The normalized spacial score (nSPS) is 19.4. The van der Waals surface area contributed by atoms with Gasteiger partial charge in [0.15, 0.2) is 0 Å². The Hall–Kier alpha value is -1.62. The van der Waals surface area contributed by atoms with Crippen LogP contribution in [0.15, 0.2) is 23.7 Å². The summed E-state index contributed by atoms with van der Waals surface area (Å²) in [6.45, 7) is 7.81. The average Bonchev–Trinajstić information content (AvgIpc) is 2.94. The molecule has 1 atom stereocenters. The second-order valence-electron chi connectivity index (χ2n) is 6.99. The predicted molar refractivity (Wildman–Crippen MR) is 92.5 cm³/mol. The number of piperidine rings is 1. The molecule has 2 aromatic heterocycles. The van der Waals surface area contributed by atoms with Crippen molar-refractivity contribution in [3.8, 4) is 0 Å². The summed E-state index contributed by atoms with van der Waals surface area (Å²) in [5.41, 5.74) is -0.176. The zero-order chi connectivity index (χ0) is 15.7. The first-order valence-corrected chi connectivity index (χ1v) is 8.71. The average molecular weight is 317 g/mol. The first-order chi connectivity index (χ1) is 10.4. The molecule has 0 aromatic carbocycles. The van der Waals surface area contributed by atoms with E-state index in [0.29, 0.717) is 0 Å². The number of carbonyl (C=O) groups excluding carboxylic acids is 1. The van der Waals surface area contributed by atoms with E-state index in [9.17, 15) is 4.79 Å². The number of pyridine rings is 1. The number of nitrogens with one attached hydrogen (secondary N) is 1. The van der Waals surface area contributed by atoms with Gasteiger partial charge in [0.2, 0.25) is 5.91 Å². The van der Waals surface area contributed by atoms with Crippen LogP contribution in [0.2, 0.25) is 0 Å². The number of carbonyl (C=O) groups is 1. The molecule has 0 saturated carbocycles. The maximum absolute atomic E-state index is 12.4. The number of nitrogens with zero attached hydrogens (tertiary/aromatic N) is 2. The fourth-order valence-electron chi connectivity index (χ4n) is 2.99. The maximum Gasteiger partial charge on any atom is 0.225 e. The molecule has 1 fully saturated rings. The van der Waals surface area contributed by atoms with Gasteiger partial charge >= 0.3 is 0 Å². The van der Waals surface area contributed by atoms with Gasteiger partial charge in [-0.15, -0.1) is 11.3 Å². The Morgan fingerprint density at radius 1 is 1.41 bits per heavy atom. The standard InChI is InChI=1S/C17H23N3OS/c1-17(2,3)19-16(21)12-5-4-9-20(11-12)15-13-7-10-22-14(13)6-8-18-15/h6-8,10,12H,4-5,9,11H2,1-3H3,(H,19,21). The van der Waals surface area contributed by atoms with Gasteiger partial charge in [0, 0.05) is 34.9 Å². The third-order valence-corrected chi connectivity index (χ3v) is 4.83. The summed E-state index contributed by atoms with van der Waals surface area (Å²) in [5, 5.41) is 6.41. The molecule has 118 valence electrons. The lowest BCUT2D eigenvalue weighted by Gasteiger charge is -2.34. The third-order valence-electron chi connectivity index (χ3n) is 3.95. The monoisotopic (exact) mass is 317 g/mol. The number of anilines is 1. The largest absolute Gasteiger partial charge is 0.355 e. The molecule has 1 N–H and O–H groups in total. The van der Waals surface area contributed by atoms with Crippen LogP contribution in [0.3, 0.4) is 0 Å². The number of amides is 1. The summed E-state index contributed by atoms with van der Waals surface area (Å²) in [7, 11) is 0. The zero-order valence-corrected chi connectivity index (χ0v) is 14.2. The van der Waals surface area contributed by atoms with Crippen LogP contribution >= 0.6 is 11.3 Å². The third kappa shape index (κ3) is 3.24. The number of thiophene rings is 1. The predicted octanol–water partition coefficient (Wildman–Crippen LogP) is 3.43. The number of rotatable bonds is 2. The molecule has 5 heteroatoms. The summed E-state index contributed by atoms with van der Waals surface area (Å²) in [4.78, 5) is 19.3. The van der Waals surface area contributed by atoms with Crippen molar-refractivity contribution in [1.82, 2.24) is 10.3 Å². The van der Waals surface area contributed by atoms with Crippen LogP contribution in [-0.4, -0.2) is 29.5 Å². The van der Waals surface area contributed by atoms with Gasteiger partial charge in [0.25, 0.3) is 0 Å². The van der Waals surface area contributed by atoms with Crippen molar-refractivity contribution in [1.29, 1.82) is 0 Å². The van der Waals surface area contributed by atoms with Gasteiger partial charge < -0.3 is 10.2 Å². The van der Waals surface area contributed by atoms with Crippen LogP contribution in [0, 0.1) is 5.92 Å². The van der Waals surface area contributed by atoms with Crippen molar-refractivity contribution < 1.29 is 4.79 Å². The second kappa shape index (κ2) is 5.88. The van der Waals surface area contributed by atoms with Crippen molar-refractivity contribution in [2.45, 2.75) is 39.2 Å². The van der Waals surface area contributed by atoms with Crippen molar-refractivity contribution in [3.05, 3.63) is 23.7 Å². The minimum Gasteiger partial charge on any atom is -0.355 e. The molecule has 1 aliphatic heterocycles. The SMILES string of the molecule is CC(C)(C)NC(=O)C1CCCN(c2nccc3sccc23)C1. The molecular weight excluding hydrogens is 294 g/mol.